The zero-order valence-electron chi connectivity index (χ0n) is 13.8. The number of nitrogens with zero attached hydrogens (tertiary/aromatic N) is 4. The van der Waals surface area contributed by atoms with Crippen LogP contribution in [0.5, 0.6) is 0 Å². The Morgan fingerprint density at radius 3 is 1.95 bits per heavy atom. The predicted octanol–water partition coefficient (Wildman–Crippen LogP) is 0.286. The molecule has 3 saturated heterocycles. The van der Waals surface area contributed by atoms with Gasteiger partial charge in [0.1, 0.15) is 0 Å². The van der Waals surface area contributed by atoms with Crippen molar-refractivity contribution in [2.24, 2.45) is 5.92 Å². The van der Waals surface area contributed by atoms with Crippen molar-refractivity contribution in [2.45, 2.75) is 25.7 Å². The molecule has 0 saturated carbocycles. The fraction of sp³-hybridized carbons (Fsp3) is 1.00. The van der Waals surface area contributed by atoms with Gasteiger partial charge in [0.2, 0.25) is 0 Å². The number of hydrogen-bond donors (Lipinski definition) is 0. The standard InChI is InChI=1S/C15H30N4O2S/c1-16-10-12-19(13-11-16)22(20,21)18-8-4-15(5-9-18)14-17-6-2-3-7-17/h15H,2-14H2,1H3. The van der Waals surface area contributed by atoms with Crippen molar-refractivity contribution >= 4 is 10.2 Å². The normalized spacial score (nSPS) is 28.4. The van der Waals surface area contributed by atoms with Crippen LogP contribution in [-0.4, -0.2) is 92.8 Å². The second-order valence-corrected chi connectivity index (χ2v) is 8.99. The number of likely N-dealkylation sites (tertiary alicyclic amines) is 1. The van der Waals surface area contributed by atoms with Gasteiger partial charge in [0.05, 0.1) is 0 Å². The molecule has 0 aromatic heterocycles. The third kappa shape index (κ3) is 3.82. The predicted molar refractivity (Wildman–Crippen MR) is 88.0 cm³/mol. The summed E-state index contributed by atoms with van der Waals surface area (Å²) >= 11 is 0. The molecule has 3 rings (SSSR count). The van der Waals surface area contributed by atoms with Gasteiger partial charge in [-0.15, -0.1) is 0 Å². The Balaban J connectivity index is 1.49. The maximum Gasteiger partial charge on any atom is 0.282 e. The summed E-state index contributed by atoms with van der Waals surface area (Å²) in [5, 5.41) is 0. The second kappa shape index (κ2) is 7.13. The van der Waals surface area contributed by atoms with Crippen LogP contribution >= 0.6 is 0 Å². The van der Waals surface area contributed by atoms with E-state index in [1.165, 1.54) is 32.5 Å². The zero-order chi connectivity index (χ0) is 15.6. The van der Waals surface area contributed by atoms with Crippen molar-refractivity contribution in [1.29, 1.82) is 0 Å². The molecule has 0 bridgehead atoms. The summed E-state index contributed by atoms with van der Waals surface area (Å²) in [6, 6.07) is 0. The van der Waals surface area contributed by atoms with Crippen LogP contribution in [0.3, 0.4) is 0 Å². The third-order valence-corrected chi connectivity index (χ3v) is 7.44. The topological polar surface area (TPSA) is 47.1 Å². The molecule has 0 amide bonds. The molecule has 3 heterocycles. The van der Waals surface area contributed by atoms with E-state index in [0.717, 1.165) is 25.9 Å². The number of rotatable bonds is 4. The first-order chi connectivity index (χ1) is 10.6. The molecule has 0 aliphatic carbocycles. The van der Waals surface area contributed by atoms with Crippen molar-refractivity contribution in [1.82, 2.24) is 18.4 Å². The summed E-state index contributed by atoms with van der Waals surface area (Å²) < 4.78 is 28.8. The van der Waals surface area contributed by atoms with Gasteiger partial charge in [0, 0.05) is 45.8 Å². The third-order valence-electron chi connectivity index (χ3n) is 5.40. The van der Waals surface area contributed by atoms with Gasteiger partial charge < -0.3 is 9.80 Å². The molecule has 0 radical (unpaired) electrons. The molecule has 3 fully saturated rings. The van der Waals surface area contributed by atoms with Crippen LogP contribution in [0.2, 0.25) is 0 Å². The van der Waals surface area contributed by atoms with Crippen LogP contribution < -0.4 is 0 Å². The first-order valence-electron chi connectivity index (χ1n) is 8.72. The van der Waals surface area contributed by atoms with Crippen molar-refractivity contribution in [3.63, 3.8) is 0 Å². The van der Waals surface area contributed by atoms with Gasteiger partial charge in [-0.3, -0.25) is 0 Å². The molecule has 22 heavy (non-hydrogen) atoms. The number of piperazine rings is 1. The van der Waals surface area contributed by atoms with Gasteiger partial charge in [-0.05, 0) is 51.7 Å². The van der Waals surface area contributed by atoms with E-state index in [0.29, 0.717) is 32.1 Å². The maximum absolute atomic E-state index is 12.7. The monoisotopic (exact) mass is 330 g/mol. The van der Waals surface area contributed by atoms with Crippen LogP contribution in [-0.2, 0) is 10.2 Å². The fourth-order valence-corrected chi connectivity index (χ4v) is 5.46. The van der Waals surface area contributed by atoms with Crippen molar-refractivity contribution in [2.75, 3.05) is 66.0 Å². The molecule has 0 unspecified atom stereocenters. The van der Waals surface area contributed by atoms with Crippen molar-refractivity contribution in [3.05, 3.63) is 0 Å². The molecule has 0 aromatic carbocycles. The quantitative estimate of drug-likeness (QED) is 0.743. The molecule has 0 N–H and O–H groups in total. The number of piperidine rings is 1. The van der Waals surface area contributed by atoms with E-state index in [4.69, 9.17) is 0 Å². The molecule has 128 valence electrons. The average Bonchev–Trinajstić information content (AvgIpc) is 3.01. The lowest BCUT2D eigenvalue weighted by Crippen LogP contribution is -2.53. The smallest absolute Gasteiger partial charge is 0.282 e. The summed E-state index contributed by atoms with van der Waals surface area (Å²) in [4.78, 5) is 4.74. The Morgan fingerprint density at radius 1 is 0.818 bits per heavy atom. The van der Waals surface area contributed by atoms with Gasteiger partial charge in [-0.25, -0.2) is 0 Å². The highest BCUT2D eigenvalue weighted by molar-refractivity contribution is 7.86. The molecule has 6 nitrogen and oxygen atoms in total. The van der Waals surface area contributed by atoms with Crippen LogP contribution in [0.25, 0.3) is 0 Å². The second-order valence-electron chi connectivity index (χ2n) is 7.06. The summed E-state index contributed by atoms with van der Waals surface area (Å²) in [6.45, 7) is 7.98. The van der Waals surface area contributed by atoms with E-state index < -0.39 is 10.2 Å². The average molecular weight is 330 g/mol. The highest BCUT2D eigenvalue weighted by atomic mass is 32.2. The van der Waals surface area contributed by atoms with E-state index in [9.17, 15) is 8.42 Å². The molecule has 0 spiro atoms. The van der Waals surface area contributed by atoms with Gasteiger partial charge in [0.15, 0.2) is 0 Å². The lowest BCUT2D eigenvalue weighted by Gasteiger charge is -2.38. The number of likely N-dealkylation sites (N-methyl/N-ethyl adjacent to an activating group) is 1. The van der Waals surface area contributed by atoms with Crippen LogP contribution in [0.4, 0.5) is 0 Å². The Hall–Kier alpha value is -0.210. The molecule has 7 heteroatoms. The van der Waals surface area contributed by atoms with Gasteiger partial charge in [-0.2, -0.15) is 17.0 Å². The van der Waals surface area contributed by atoms with Gasteiger partial charge in [0.25, 0.3) is 10.2 Å². The molecule has 3 aliphatic rings. The first-order valence-corrected chi connectivity index (χ1v) is 10.1. The fourth-order valence-electron chi connectivity index (χ4n) is 3.84. The molecular formula is C15H30N4O2S. The minimum Gasteiger partial charge on any atom is -0.304 e. The summed E-state index contributed by atoms with van der Waals surface area (Å²) in [5.74, 6) is 0.678. The SMILES string of the molecule is CN1CCN(S(=O)(=O)N2CCC(CN3CCCC3)CC2)CC1. The van der Waals surface area contributed by atoms with E-state index in [-0.39, 0.29) is 0 Å². The van der Waals surface area contributed by atoms with E-state index >= 15 is 0 Å². The minimum atomic E-state index is -3.23. The molecule has 0 atom stereocenters. The van der Waals surface area contributed by atoms with Crippen molar-refractivity contribution < 1.29 is 8.42 Å². The maximum atomic E-state index is 12.7. The van der Waals surface area contributed by atoms with Gasteiger partial charge in [-0.1, -0.05) is 0 Å². The molecular weight excluding hydrogens is 300 g/mol. The Bertz CT molecular complexity index is 448. The molecule has 3 aliphatic heterocycles. The lowest BCUT2D eigenvalue weighted by atomic mass is 9.98. The van der Waals surface area contributed by atoms with E-state index in [1.807, 2.05) is 7.05 Å². The first kappa shape index (κ1) is 16.6. The summed E-state index contributed by atoms with van der Waals surface area (Å²) in [7, 11) is -1.18. The van der Waals surface area contributed by atoms with Crippen LogP contribution in [0, 0.1) is 5.92 Å². The zero-order valence-corrected chi connectivity index (χ0v) is 14.6. The van der Waals surface area contributed by atoms with Gasteiger partial charge >= 0.3 is 0 Å². The lowest BCUT2D eigenvalue weighted by molar-refractivity contribution is 0.184. The van der Waals surface area contributed by atoms with Crippen LogP contribution in [0.15, 0.2) is 0 Å². The Labute approximate surface area is 135 Å². The van der Waals surface area contributed by atoms with Crippen LogP contribution in [0.1, 0.15) is 25.7 Å². The number of hydrogen-bond acceptors (Lipinski definition) is 4. The van der Waals surface area contributed by atoms with E-state index in [1.54, 1.807) is 8.61 Å². The van der Waals surface area contributed by atoms with Crippen molar-refractivity contribution in [3.8, 4) is 0 Å². The Morgan fingerprint density at radius 2 is 1.36 bits per heavy atom. The highest BCUT2D eigenvalue weighted by Gasteiger charge is 2.34. The summed E-state index contributed by atoms with van der Waals surface area (Å²) in [6.07, 6.45) is 4.69. The largest absolute Gasteiger partial charge is 0.304 e. The van der Waals surface area contributed by atoms with E-state index in [2.05, 4.69) is 9.80 Å². The minimum absolute atomic E-state index is 0.631. The highest BCUT2D eigenvalue weighted by Crippen LogP contribution is 2.24. The Kier molecular flexibility index (Phi) is 5.39. The summed E-state index contributed by atoms with van der Waals surface area (Å²) in [5.41, 5.74) is 0. The molecule has 0 aromatic rings.